The van der Waals surface area contributed by atoms with E-state index in [9.17, 15) is 0 Å². The Morgan fingerprint density at radius 3 is 3.00 bits per heavy atom. The van der Waals surface area contributed by atoms with E-state index in [-0.39, 0.29) is 0 Å². The summed E-state index contributed by atoms with van der Waals surface area (Å²) in [6.45, 7) is 0. The largest absolute Gasteiger partial charge is 0.352 e. The molecule has 5 nitrogen and oxygen atoms in total. The summed E-state index contributed by atoms with van der Waals surface area (Å²) in [5.41, 5.74) is 0.522. The van der Waals surface area contributed by atoms with Crippen LogP contribution in [-0.4, -0.2) is 15.3 Å². The zero-order valence-electron chi connectivity index (χ0n) is 4.81. The van der Waals surface area contributed by atoms with Gasteiger partial charge in [0.15, 0.2) is 5.69 Å². The molecule has 0 fully saturated rings. The molecule has 2 aromatic rings. The van der Waals surface area contributed by atoms with E-state index in [0.29, 0.717) is 11.5 Å². The lowest BCUT2D eigenvalue weighted by Gasteiger charge is -1.76. The molecule has 0 saturated heterocycles. The average molecular weight is 136 g/mol. The Morgan fingerprint density at radius 2 is 2.40 bits per heavy atom. The highest BCUT2D eigenvalue weighted by Crippen LogP contribution is 2.08. The summed E-state index contributed by atoms with van der Waals surface area (Å²) in [4.78, 5) is 3.74. The lowest BCUT2D eigenvalue weighted by Crippen LogP contribution is -1.77. The van der Waals surface area contributed by atoms with E-state index in [2.05, 4.69) is 30.6 Å². The summed E-state index contributed by atoms with van der Waals surface area (Å²) in [7, 11) is 0. The van der Waals surface area contributed by atoms with Crippen LogP contribution in [0.15, 0.2) is 21.5 Å². The van der Waals surface area contributed by atoms with Gasteiger partial charge in [0.25, 0.3) is 0 Å². The number of rotatable bonds is 1. The van der Waals surface area contributed by atoms with Gasteiger partial charge in [0.1, 0.15) is 0 Å². The van der Waals surface area contributed by atoms with Crippen molar-refractivity contribution in [2.24, 2.45) is 0 Å². The van der Waals surface area contributed by atoms with Crippen LogP contribution in [0.25, 0.3) is 11.5 Å². The molecule has 1 radical (unpaired) electrons. The Labute approximate surface area is 55.6 Å². The second-order valence-corrected chi connectivity index (χ2v) is 1.58. The van der Waals surface area contributed by atoms with E-state index >= 15 is 0 Å². The van der Waals surface area contributed by atoms with Crippen LogP contribution in [0.4, 0.5) is 0 Å². The van der Waals surface area contributed by atoms with Crippen LogP contribution < -0.4 is 0 Å². The lowest BCUT2D eigenvalue weighted by atomic mass is 10.4. The molecule has 0 spiro atoms. The molecule has 0 aliphatic rings. The first-order valence-electron chi connectivity index (χ1n) is 2.56. The fourth-order valence-electron chi connectivity index (χ4n) is 0.573. The Kier molecular flexibility index (Phi) is 1.00. The highest BCUT2D eigenvalue weighted by Gasteiger charge is 2.04. The molecule has 0 bridgehead atoms. The number of hydrogen-bond acceptors (Lipinski definition) is 5. The summed E-state index contributed by atoms with van der Waals surface area (Å²) >= 11 is 0. The second kappa shape index (κ2) is 1.94. The Bertz CT molecular complexity index is 254. The molecule has 49 valence electrons. The monoisotopic (exact) mass is 136 g/mol. The van der Waals surface area contributed by atoms with Crippen molar-refractivity contribution in [1.29, 1.82) is 0 Å². The van der Waals surface area contributed by atoms with Crippen molar-refractivity contribution in [3.63, 3.8) is 0 Å². The van der Waals surface area contributed by atoms with Gasteiger partial charge in [-0.05, 0) is 0 Å². The summed E-state index contributed by atoms with van der Waals surface area (Å²) in [6.07, 6.45) is 3.64. The van der Waals surface area contributed by atoms with E-state index < -0.39 is 0 Å². The molecular weight excluding hydrogens is 134 g/mol. The maximum atomic E-state index is 4.48. The van der Waals surface area contributed by atoms with Crippen molar-refractivity contribution in [2.75, 3.05) is 0 Å². The first-order valence-corrected chi connectivity index (χ1v) is 2.56. The van der Waals surface area contributed by atoms with Gasteiger partial charge in [-0.1, -0.05) is 10.3 Å². The maximum absolute atomic E-state index is 4.48. The molecule has 2 heterocycles. The quantitative estimate of drug-likeness (QED) is 0.571. The van der Waals surface area contributed by atoms with E-state index in [1.54, 1.807) is 0 Å². The minimum Gasteiger partial charge on any atom is -0.352 e. The van der Waals surface area contributed by atoms with Crippen LogP contribution in [0.2, 0.25) is 0 Å². The molecule has 0 atom stereocenters. The van der Waals surface area contributed by atoms with Gasteiger partial charge in [0.2, 0.25) is 18.5 Å². The highest BCUT2D eigenvalue weighted by atomic mass is 16.5. The smallest absolute Gasteiger partial charge is 0.224 e. The highest BCUT2D eigenvalue weighted by molar-refractivity contribution is 5.44. The average Bonchev–Trinajstić information content (AvgIpc) is 2.59. The molecular formula is C5H2N3O2. The molecule has 2 aromatic heterocycles. The fraction of sp³-hybridized carbons (Fsp3) is 0. The summed E-state index contributed by atoms with van der Waals surface area (Å²) in [6, 6.07) is 1.53. The Morgan fingerprint density at radius 1 is 1.40 bits per heavy atom. The van der Waals surface area contributed by atoms with Crippen LogP contribution in [0, 0.1) is 6.26 Å². The van der Waals surface area contributed by atoms with Gasteiger partial charge in [-0.3, -0.25) is 0 Å². The molecule has 2 rings (SSSR count). The van der Waals surface area contributed by atoms with Crippen molar-refractivity contribution in [3.8, 4) is 11.5 Å². The third-order valence-electron chi connectivity index (χ3n) is 0.983. The van der Waals surface area contributed by atoms with E-state index in [0.717, 1.165) is 0 Å². The Hall–Kier alpha value is -1.65. The standard InChI is InChI=1S/C5H2N3O2/c1-2-9-7-4(1)5-6-3-10-8-5/h1,3H. The first-order chi connectivity index (χ1) is 4.97. The van der Waals surface area contributed by atoms with Gasteiger partial charge in [-0.25, -0.2) is 0 Å². The zero-order valence-corrected chi connectivity index (χ0v) is 4.81. The third-order valence-corrected chi connectivity index (χ3v) is 0.983. The van der Waals surface area contributed by atoms with Gasteiger partial charge in [-0.15, -0.1) is 0 Å². The van der Waals surface area contributed by atoms with Crippen molar-refractivity contribution < 1.29 is 9.05 Å². The van der Waals surface area contributed by atoms with Gasteiger partial charge >= 0.3 is 0 Å². The normalized spacial score (nSPS) is 10.0. The summed E-state index contributed by atoms with van der Waals surface area (Å²) in [5, 5.41) is 7.07. The maximum Gasteiger partial charge on any atom is 0.224 e. The van der Waals surface area contributed by atoms with Crippen molar-refractivity contribution >= 4 is 0 Å². The molecule has 10 heavy (non-hydrogen) atoms. The van der Waals surface area contributed by atoms with Crippen molar-refractivity contribution in [2.45, 2.75) is 0 Å². The molecule has 0 aliphatic heterocycles. The predicted molar refractivity (Wildman–Crippen MR) is 28.6 cm³/mol. The minimum absolute atomic E-state index is 0.407. The molecule has 0 aromatic carbocycles. The van der Waals surface area contributed by atoms with Gasteiger partial charge in [0, 0.05) is 6.07 Å². The number of nitrogens with zero attached hydrogens (tertiary/aromatic N) is 3. The third kappa shape index (κ3) is 0.680. The minimum atomic E-state index is 0.407. The predicted octanol–water partition coefficient (Wildman–Crippen LogP) is 0.525. The van der Waals surface area contributed by atoms with Gasteiger partial charge < -0.3 is 9.05 Å². The number of aromatic nitrogens is 3. The lowest BCUT2D eigenvalue weighted by molar-refractivity contribution is 0.408. The summed E-state index contributed by atoms with van der Waals surface area (Å²) in [5.74, 6) is 0.407. The molecule has 0 unspecified atom stereocenters. The van der Waals surface area contributed by atoms with E-state index in [1.165, 1.54) is 12.5 Å². The molecule has 0 amide bonds. The molecule has 0 aliphatic carbocycles. The van der Waals surface area contributed by atoms with E-state index in [4.69, 9.17) is 0 Å². The zero-order chi connectivity index (χ0) is 6.81. The van der Waals surface area contributed by atoms with Crippen LogP contribution in [-0.2, 0) is 0 Å². The number of hydrogen-bond donors (Lipinski definition) is 0. The topological polar surface area (TPSA) is 65.0 Å². The van der Waals surface area contributed by atoms with E-state index in [1.807, 2.05) is 0 Å². The second-order valence-electron chi connectivity index (χ2n) is 1.58. The van der Waals surface area contributed by atoms with Crippen molar-refractivity contribution in [3.05, 3.63) is 18.7 Å². The van der Waals surface area contributed by atoms with Crippen LogP contribution in [0.3, 0.4) is 0 Å². The molecule has 0 N–H and O–H groups in total. The molecule has 5 heteroatoms. The van der Waals surface area contributed by atoms with Gasteiger partial charge in [-0.2, -0.15) is 4.98 Å². The SMILES string of the molecule is [c]1cc(-c2ncon2)no1. The first kappa shape index (κ1) is 5.16. The van der Waals surface area contributed by atoms with Crippen LogP contribution >= 0.6 is 0 Å². The van der Waals surface area contributed by atoms with Crippen LogP contribution in [0.1, 0.15) is 0 Å². The fourth-order valence-corrected chi connectivity index (χ4v) is 0.573. The van der Waals surface area contributed by atoms with Crippen molar-refractivity contribution in [1.82, 2.24) is 15.3 Å². The van der Waals surface area contributed by atoms with Crippen LogP contribution in [0.5, 0.6) is 0 Å². The molecule has 0 saturated carbocycles. The Balaban J connectivity index is 2.48. The summed E-state index contributed by atoms with van der Waals surface area (Å²) < 4.78 is 8.92. The van der Waals surface area contributed by atoms with Gasteiger partial charge in [0.05, 0.1) is 0 Å².